The Balaban J connectivity index is 3.59. The van der Waals surface area contributed by atoms with Gasteiger partial charge in [0.1, 0.15) is 25.1 Å². The van der Waals surface area contributed by atoms with Gasteiger partial charge < -0.3 is 23.7 Å². The molecule has 1 atom stereocenters. The molecule has 0 amide bonds. The number of carbonyl (C=O) groups is 2. The maximum Gasteiger partial charge on any atom is 0.337 e. The van der Waals surface area contributed by atoms with Gasteiger partial charge in [0.15, 0.2) is 0 Å². The zero-order valence-electron chi connectivity index (χ0n) is 16.2. The smallest absolute Gasteiger partial charge is 0.337 e. The van der Waals surface area contributed by atoms with Crippen LogP contribution in [0.25, 0.3) is 0 Å². The van der Waals surface area contributed by atoms with Crippen molar-refractivity contribution >= 4 is 11.9 Å². The van der Waals surface area contributed by atoms with Crippen LogP contribution in [0.5, 0.6) is 0 Å². The minimum Gasteiger partial charge on any atom is -0.456 e. The lowest BCUT2D eigenvalue weighted by atomic mass is 10.2. The highest BCUT2D eigenvalue weighted by Crippen LogP contribution is 2.01. The molecule has 0 aliphatic heterocycles. The standard InChI is InChI=1S/C20H30O7/c1-5-9-17(7-3)26-19(21)15-24-13-11-23-12-14-25-16-20(22)27-18(8-4)10-6-2/h5-8,10,17H,1,3,9,11-16H2,2,4H3/b10-6-,18-8+. The molecule has 0 N–H and O–H groups in total. The van der Waals surface area contributed by atoms with E-state index in [1.54, 1.807) is 37.3 Å². The molecule has 0 aromatic heterocycles. The predicted molar refractivity (Wildman–Crippen MR) is 102 cm³/mol. The van der Waals surface area contributed by atoms with Crippen molar-refractivity contribution in [3.05, 3.63) is 49.3 Å². The summed E-state index contributed by atoms with van der Waals surface area (Å²) in [5.41, 5.74) is 0. The van der Waals surface area contributed by atoms with Crippen molar-refractivity contribution < 1.29 is 33.3 Å². The molecule has 152 valence electrons. The molecule has 0 aliphatic carbocycles. The molecule has 7 nitrogen and oxygen atoms in total. The van der Waals surface area contributed by atoms with Crippen LogP contribution < -0.4 is 0 Å². The Hall–Kier alpha value is -2.22. The van der Waals surface area contributed by atoms with Gasteiger partial charge in [-0.05, 0) is 26.0 Å². The first-order valence-electron chi connectivity index (χ1n) is 8.73. The molecule has 0 bridgehead atoms. The second-order valence-corrected chi connectivity index (χ2v) is 5.17. The average molecular weight is 382 g/mol. The van der Waals surface area contributed by atoms with E-state index < -0.39 is 11.9 Å². The van der Waals surface area contributed by atoms with Gasteiger partial charge in [-0.15, -0.1) is 6.58 Å². The molecule has 7 heteroatoms. The van der Waals surface area contributed by atoms with Gasteiger partial charge in [-0.3, -0.25) is 0 Å². The Morgan fingerprint density at radius 2 is 1.52 bits per heavy atom. The lowest BCUT2D eigenvalue weighted by Crippen LogP contribution is -2.21. The van der Waals surface area contributed by atoms with Crippen LogP contribution in [-0.4, -0.2) is 57.7 Å². The first-order chi connectivity index (χ1) is 13.1. The number of esters is 2. The van der Waals surface area contributed by atoms with Gasteiger partial charge in [-0.1, -0.05) is 24.8 Å². The van der Waals surface area contributed by atoms with Crippen molar-refractivity contribution in [3.63, 3.8) is 0 Å². The third-order valence-electron chi connectivity index (χ3n) is 2.98. The lowest BCUT2D eigenvalue weighted by Gasteiger charge is -2.12. The van der Waals surface area contributed by atoms with Crippen LogP contribution in [0, 0.1) is 0 Å². The third-order valence-corrected chi connectivity index (χ3v) is 2.98. The average Bonchev–Trinajstić information content (AvgIpc) is 2.65. The van der Waals surface area contributed by atoms with Crippen LogP contribution in [0.2, 0.25) is 0 Å². The maximum atomic E-state index is 11.5. The number of hydrogen-bond donors (Lipinski definition) is 0. The maximum absolute atomic E-state index is 11.5. The molecule has 0 spiro atoms. The van der Waals surface area contributed by atoms with Gasteiger partial charge in [0.2, 0.25) is 0 Å². The zero-order valence-corrected chi connectivity index (χ0v) is 16.2. The normalized spacial score (nSPS) is 12.6. The quantitative estimate of drug-likeness (QED) is 0.133. The molecule has 0 fully saturated rings. The fraction of sp³-hybridized carbons (Fsp3) is 0.500. The highest BCUT2D eigenvalue weighted by Gasteiger charge is 2.09. The SMILES string of the molecule is C=CCC(C=C)OC(=O)COCCOCCOCC(=O)OC(/C=C\C)=C/C. The van der Waals surface area contributed by atoms with Crippen molar-refractivity contribution in [1.29, 1.82) is 0 Å². The molecule has 0 aromatic rings. The van der Waals surface area contributed by atoms with Crippen molar-refractivity contribution in [2.45, 2.75) is 26.4 Å². The predicted octanol–water partition coefficient (Wildman–Crippen LogP) is 2.73. The number of rotatable bonds is 16. The van der Waals surface area contributed by atoms with Crippen LogP contribution in [0.3, 0.4) is 0 Å². The number of allylic oxidation sites excluding steroid dienone is 3. The Morgan fingerprint density at radius 1 is 0.926 bits per heavy atom. The van der Waals surface area contributed by atoms with Crippen LogP contribution in [0.15, 0.2) is 49.3 Å². The number of hydrogen-bond acceptors (Lipinski definition) is 7. The summed E-state index contributed by atoms with van der Waals surface area (Å²) in [7, 11) is 0. The van der Waals surface area contributed by atoms with Crippen LogP contribution in [0.4, 0.5) is 0 Å². The molecular formula is C20H30O7. The van der Waals surface area contributed by atoms with E-state index in [9.17, 15) is 9.59 Å². The van der Waals surface area contributed by atoms with E-state index in [0.717, 1.165) is 0 Å². The van der Waals surface area contributed by atoms with E-state index in [4.69, 9.17) is 23.7 Å². The fourth-order valence-corrected chi connectivity index (χ4v) is 1.72. The summed E-state index contributed by atoms with van der Waals surface area (Å²) in [5, 5.41) is 0. The Morgan fingerprint density at radius 3 is 2.04 bits per heavy atom. The highest BCUT2D eigenvalue weighted by molar-refractivity contribution is 5.72. The molecule has 27 heavy (non-hydrogen) atoms. The van der Waals surface area contributed by atoms with Crippen molar-refractivity contribution in [1.82, 2.24) is 0 Å². The highest BCUT2D eigenvalue weighted by atomic mass is 16.6. The van der Waals surface area contributed by atoms with Gasteiger partial charge in [0.25, 0.3) is 0 Å². The van der Waals surface area contributed by atoms with E-state index in [0.29, 0.717) is 25.4 Å². The second kappa shape index (κ2) is 17.2. The summed E-state index contributed by atoms with van der Waals surface area (Å²) in [6.45, 7) is 11.5. The van der Waals surface area contributed by atoms with Gasteiger partial charge >= 0.3 is 11.9 Å². The Bertz CT molecular complexity index is 508. The third kappa shape index (κ3) is 14.6. The van der Waals surface area contributed by atoms with Gasteiger partial charge in [-0.2, -0.15) is 0 Å². The Labute approximate surface area is 161 Å². The molecule has 0 saturated heterocycles. The van der Waals surface area contributed by atoms with Crippen molar-refractivity contribution in [2.24, 2.45) is 0 Å². The van der Waals surface area contributed by atoms with E-state index in [-0.39, 0.29) is 32.5 Å². The molecule has 0 rings (SSSR count). The van der Waals surface area contributed by atoms with E-state index >= 15 is 0 Å². The molecule has 0 heterocycles. The molecule has 0 aliphatic rings. The number of carbonyl (C=O) groups excluding carboxylic acids is 2. The van der Waals surface area contributed by atoms with Crippen molar-refractivity contribution in [2.75, 3.05) is 39.6 Å². The number of ether oxygens (including phenoxy) is 5. The monoisotopic (exact) mass is 382 g/mol. The van der Waals surface area contributed by atoms with Crippen molar-refractivity contribution in [3.8, 4) is 0 Å². The summed E-state index contributed by atoms with van der Waals surface area (Å²) in [6.07, 6.45) is 8.47. The van der Waals surface area contributed by atoms with E-state index in [2.05, 4.69) is 13.2 Å². The second-order valence-electron chi connectivity index (χ2n) is 5.17. The summed E-state index contributed by atoms with van der Waals surface area (Å²) >= 11 is 0. The van der Waals surface area contributed by atoms with Crippen LogP contribution in [0.1, 0.15) is 20.3 Å². The van der Waals surface area contributed by atoms with Crippen LogP contribution in [-0.2, 0) is 33.3 Å². The summed E-state index contributed by atoms with van der Waals surface area (Å²) < 4.78 is 25.8. The molecule has 0 saturated carbocycles. The minimum atomic E-state index is -0.475. The largest absolute Gasteiger partial charge is 0.456 e. The summed E-state index contributed by atoms with van der Waals surface area (Å²) in [5.74, 6) is -0.471. The van der Waals surface area contributed by atoms with E-state index in [1.807, 2.05) is 6.92 Å². The topological polar surface area (TPSA) is 80.3 Å². The summed E-state index contributed by atoms with van der Waals surface area (Å²) in [4.78, 5) is 23.0. The van der Waals surface area contributed by atoms with Crippen LogP contribution >= 0.6 is 0 Å². The van der Waals surface area contributed by atoms with Gasteiger partial charge in [0.05, 0.1) is 26.4 Å². The molecule has 0 aromatic carbocycles. The molecule has 1 unspecified atom stereocenters. The first kappa shape index (κ1) is 24.8. The van der Waals surface area contributed by atoms with Gasteiger partial charge in [-0.25, -0.2) is 9.59 Å². The zero-order chi connectivity index (χ0) is 20.3. The minimum absolute atomic E-state index is 0.157. The Kier molecular flexibility index (Phi) is 15.8. The summed E-state index contributed by atoms with van der Waals surface area (Å²) in [6, 6.07) is 0. The van der Waals surface area contributed by atoms with E-state index in [1.165, 1.54) is 0 Å². The fourth-order valence-electron chi connectivity index (χ4n) is 1.72. The molecule has 0 radical (unpaired) electrons. The molecular weight excluding hydrogens is 352 g/mol. The first-order valence-corrected chi connectivity index (χ1v) is 8.73. The lowest BCUT2D eigenvalue weighted by molar-refractivity contribution is -0.152. The van der Waals surface area contributed by atoms with Gasteiger partial charge in [0, 0.05) is 6.42 Å².